The lowest BCUT2D eigenvalue weighted by atomic mass is 10.1. The van der Waals surface area contributed by atoms with Gasteiger partial charge in [-0.15, -0.1) is 12.4 Å². The zero-order chi connectivity index (χ0) is 11.5. The van der Waals surface area contributed by atoms with Gasteiger partial charge in [-0.2, -0.15) is 0 Å². The summed E-state index contributed by atoms with van der Waals surface area (Å²) in [6.45, 7) is 6.43. The molecule has 1 aromatic rings. The van der Waals surface area contributed by atoms with Crippen molar-refractivity contribution in [2.45, 2.75) is 32.4 Å². The average Bonchev–Trinajstić information content (AvgIpc) is 2.71. The van der Waals surface area contributed by atoms with E-state index in [-0.39, 0.29) is 12.4 Å². The fourth-order valence-electron chi connectivity index (χ4n) is 2.67. The highest BCUT2D eigenvalue weighted by Crippen LogP contribution is 2.30. The molecule has 2 N–H and O–H groups in total. The monoisotopic (exact) mass is 255 g/mol. The van der Waals surface area contributed by atoms with Crippen LogP contribution >= 0.6 is 12.4 Å². The van der Waals surface area contributed by atoms with Crippen LogP contribution < -0.4 is 5.73 Å². The summed E-state index contributed by atoms with van der Waals surface area (Å²) in [7, 11) is 0. The van der Waals surface area contributed by atoms with E-state index in [1.54, 1.807) is 0 Å². The van der Waals surface area contributed by atoms with Crippen LogP contribution in [0.5, 0.6) is 0 Å². The Morgan fingerprint density at radius 2 is 2.29 bits per heavy atom. The van der Waals surface area contributed by atoms with Gasteiger partial charge in [0.05, 0.1) is 5.69 Å². The Bertz CT molecular complexity index is 331. The Morgan fingerprint density at radius 1 is 1.53 bits per heavy atom. The van der Waals surface area contributed by atoms with Crippen molar-refractivity contribution < 1.29 is 0 Å². The second-order valence-corrected chi connectivity index (χ2v) is 4.81. The first-order chi connectivity index (χ1) is 7.72. The number of hydrogen-bond acceptors (Lipinski definition) is 3. The van der Waals surface area contributed by atoms with Crippen molar-refractivity contribution in [3.05, 3.63) is 30.1 Å². The molecule has 4 heteroatoms. The molecule has 0 saturated carbocycles. The van der Waals surface area contributed by atoms with E-state index in [4.69, 9.17) is 5.73 Å². The van der Waals surface area contributed by atoms with Crippen molar-refractivity contribution >= 4 is 12.4 Å². The van der Waals surface area contributed by atoms with E-state index in [2.05, 4.69) is 35.9 Å². The number of rotatable bonds is 3. The predicted octanol–water partition coefficient (Wildman–Crippen LogP) is 2.23. The molecule has 1 saturated heterocycles. The molecule has 3 unspecified atom stereocenters. The number of likely N-dealkylation sites (tertiary alicyclic amines) is 1. The van der Waals surface area contributed by atoms with Gasteiger partial charge >= 0.3 is 0 Å². The summed E-state index contributed by atoms with van der Waals surface area (Å²) in [5.74, 6) is 0.654. The summed E-state index contributed by atoms with van der Waals surface area (Å²) in [4.78, 5) is 6.95. The number of aromatic nitrogens is 1. The Kier molecular flexibility index (Phi) is 5.37. The van der Waals surface area contributed by atoms with Gasteiger partial charge in [0.25, 0.3) is 0 Å². The molecule has 3 nitrogen and oxygen atoms in total. The molecule has 3 atom stereocenters. The Hall–Kier alpha value is -0.640. The van der Waals surface area contributed by atoms with Crippen molar-refractivity contribution in [2.75, 3.05) is 13.1 Å². The van der Waals surface area contributed by atoms with Gasteiger partial charge in [0.1, 0.15) is 0 Å². The first-order valence-corrected chi connectivity index (χ1v) is 6.09. The van der Waals surface area contributed by atoms with Gasteiger partial charge < -0.3 is 5.73 Å². The van der Waals surface area contributed by atoms with Crippen LogP contribution in [-0.4, -0.2) is 29.0 Å². The van der Waals surface area contributed by atoms with Gasteiger partial charge in [0.2, 0.25) is 0 Å². The second-order valence-electron chi connectivity index (χ2n) is 4.81. The van der Waals surface area contributed by atoms with Crippen LogP contribution in [0.3, 0.4) is 0 Å². The van der Waals surface area contributed by atoms with Crippen LogP contribution in [0.1, 0.15) is 32.0 Å². The third-order valence-electron chi connectivity index (χ3n) is 3.66. The molecular formula is C13H22ClN3. The van der Waals surface area contributed by atoms with E-state index >= 15 is 0 Å². The molecule has 0 radical (unpaired) electrons. The highest BCUT2D eigenvalue weighted by atomic mass is 35.5. The van der Waals surface area contributed by atoms with Crippen LogP contribution in [0.25, 0.3) is 0 Å². The quantitative estimate of drug-likeness (QED) is 0.901. The lowest BCUT2D eigenvalue weighted by molar-refractivity contribution is 0.197. The molecule has 0 amide bonds. The minimum absolute atomic E-state index is 0. The van der Waals surface area contributed by atoms with Crippen molar-refractivity contribution in [1.82, 2.24) is 9.88 Å². The normalized spacial score (nSPS) is 26.5. The largest absolute Gasteiger partial charge is 0.330 e. The van der Waals surface area contributed by atoms with Crippen LogP contribution in [0, 0.1) is 5.92 Å². The Morgan fingerprint density at radius 3 is 2.82 bits per heavy atom. The molecule has 0 spiro atoms. The van der Waals surface area contributed by atoms with Crippen molar-refractivity contribution in [1.29, 1.82) is 0 Å². The lowest BCUT2D eigenvalue weighted by Crippen LogP contribution is -2.31. The van der Waals surface area contributed by atoms with Crippen LogP contribution in [0.15, 0.2) is 24.4 Å². The number of pyridine rings is 1. The molecular weight excluding hydrogens is 234 g/mol. The van der Waals surface area contributed by atoms with Crippen molar-refractivity contribution in [3.63, 3.8) is 0 Å². The van der Waals surface area contributed by atoms with Gasteiger partial charge in [-0.25, -0.2) is 0 Å². The van der Waals surface area contributed by atoms with E-state index in [9.17, 15) is 0 Å². The minimum atomic E-state index is 0. The van der Waals surface area contributed by atoms with E-state index < -0.39 is 0 Å². The standard InChI is InChI=1S/C13H21N3.ClH/c1-10-7-12(8-14)9-16(10)11(2)13-5-3-4-6-15-13;/h3-6,10-12H,7-9,14H2,1-2H3;1H. The molecule has 0 aliphatic carbocycles. The Labute approximate surface area is 110 Å². The average molecular weight is 256 g/mol. The first kappa shape index (κ1) is 14.4. The molecule has 1 aliphatic rings. The van der Waals surface area contributed by atoms with Crippen molar-refractivity contribution in [3.8, 4) is 0 Å². The molecule has 1 fully saturated rings. The van der Waals surface area contributed by atoms with E-state index in [0.717, 1.165) is 18.8 Å². The lowest BCUT2D eigenvalue weighted by Gasteiger charge is -2.28. The first-order valence-electron chi connectivity index (χ1n) is 6.09. The summed E-state index contributed by atoms with van der Waals surface area (Å²) >= 11 is 0. The summed E-state index contributed by atoms with van der Waals surface area (Å²) in [6, 6.07) is 7.14. The van der Waals surface area contributed by atoms with Crippen LogP contribution in [-0.2, 0) is 0 Å². The zero-order valence-electron chi connectivity index (χ0n) is 10.5. The maximum Gasteiger partial charge on any atom is 0.0572 e. The molecule has 2 rings (SSSR count). The topological polar surface area (TPSA) is 42.1 Å². The zero-order valence-corrected chi connectivity index (χ0v) is 11.4. The minimum Gasteiger partial charge on any atom is -0.330 e. The fourth-order valence-corrected chi connectivity index (χ4v) is 2.67. The van der Waals surface area contributed by atoms with Gasteiger partial charge in [-0.3, -0.25) is 9.88 Å². The third-order valence-corrected chi connectivity index (χ3v) is 3.66. The highest BCUT2D eigenvalue weighted by molar-refractivity contribution is 5.85. The van der Waals surface area contributed by atoms with E-state index in [0.29, 0.717) is 18.0 Å². The van der Waals surface area contributed by atoms with Gasteiger partial charge in [-0.1, -0.05) is 6.07 Å². The smallest absolute Gasteiger partial charge is 0.0572 e. The van der Waals surface area contributed by atoms with Crippen LogP contribution in [0.2, 0.25) is 0 Å². The molecule has 1 aromatic heterocycles. The summed E-state index contributed by atoms with van der Waals surface area (Å²) < 4.78 is 0. The predicted molar refractivity (Wildman–Crippen MR) is 73.2 cm³/mol. The van der Waals surface area contributed by atoms with E-state index in [1.807, 2.05) is 12.3 Å². The number of hydrogen-bond donors (Lipinski definition) is 1. The molecule has 1 aliphatic heterocycles. The maximum atomic E-state index is 5.75. The maximum absolute atomic E-state index is 5.75. The Balaban J connectivity index is 0.00000144. The SMILES string of the molecule is CC1CC(CN)CN1C(C)c1ccccn1.Cl. The summed E-state index contributed by atoms with van der Waals surface area (Å²) in [5, 5.41) is 0. The second kappa shape index (κ2) is 6.34. The number of halogens is 1. The molecule has 0 bridgehead atoms. The van der Waals surface area contributed by atoms with Crippen LogP contribution in [0.4, 0.5) is 0 Å². The summed E-state index contributed by atoms with van der Waals surface area (Å²) in [5.41, 5.74) is 6.91. The molecule has 17 heavy (non-hydrogen) atoms. The molecule has 96 valence electrons. The number of nitrogens with zero attached hydrogens (tertiary/aromatic N) is 2. The van der Waals surface area contributed by atoms with Gasteiger partial charge in [0.15, 0.2) is 0 Å². The third kappa shape index (κ3) is 3.18. The highest BCUT2D eigenvalue weighted by Gasteiger charge is 2.32. The van der Waals surface area contributed by atoms with Gasteiger partial charge in [-0.05, 0) is 44.9 Å². The molecule has 0 aromatic carbocycles. The van der Waals surface area contributed by atoms with Crippen molar-refractivity contribution in [2.24, 2.45) is 11.7 Å². The number of nitrogens with two attached hydrogens (primary N) is 1. The van der Waals surface area contributed by atoms with E-state index in [1.165, 1.54) is 6.42 Å². The van der Waals surface area contributed by atoms with Gasteiger partial charge in [0, 0.05) is 24.8 Å². The molecule has 2 heterocycles. The fraction of sp³-hybridized carbons (Fsp3) is 0.615. The summed E-state index contributed by atoms with van der Waals surface area (Å²) in [6.07, 6.45) is 3.08.